The summed E-state index contributed by atoms with van der Waals surface area (Å²) in [5.74, 6) is 0.204. The third kappa shape index (κ3) is 3.92. The molecule has 0 radical (unpaired) electrons. The van der Waals surface area contributed by atoms with E-state index in [2.05, 4.69) is 15.0 Å². The first-order chi connectivity index (χ1) is 8.04. The number of nitrogens with one attached hydrogen (secondary N) is 2. The molecule has 0 fully saturated rings. The number of amides is 1. The van der Waals surface area contributed by atoms with Gasteiger partial charge in [-0.3, -0.25) is 4.79 Å². The Hall–Kier alpha value is -1.81. The van der Waals surface area contributed by atoms with Crippen molar-refractivity contribution in [2.75, 3.05) is 17.6 Å². The third-order valence-electron chi connectivity index (χ3n) is 1.92. The highest BCUT2D eigenvalue weighted by Crippen LogP contribution is 2.25. The predicted molar refractivity (Wildman–Crippen MR) is 67.6 cm³/mol. The number of hydrogen-bond donors (Lipinski definition) is 3. The van der Waals surface area contributed by atoms with E-state index in [0.29, 0.717) is 23.5 Å². The van der Waals surface area contributed by atoms with Crippen LogP contribution in [0.25, 0.3) is 0 Å². The highest BCUT2D eigenvalue weighted by atomic mass is 32.1. The molecule has 1 rings (SSSR count). The molecule has 1 aromatic rings. The van der Waals surface area contributed by atoms with Crippen LogP contribution in [-0.2, 0) is 4.79 Å². The van der Waals surface area contributed by atoms with Crippen molar-refractivity contribution in [2.24, 2.45) is 0 Å². The lowest BCUT2D eigenvalue weighted by Gasteiger charge is -2.08. The maximum Gasteiger partial charge on any atom is 0.221 e. The molecule has 6 nitrogen and oxygen atoms in total. The summed E-state index contributed by atoms with van der Waals surface area (Å²) >= 11 is 1.13. The van der Waals surface area contributed by atoms with Crippen molar-refractivity contribution in [1.29, 1.82) is 5.26 Å². The van der Waals surface area contributed by atoms with Crippen LogP contribution in [0.1, 0.15) is 25.8 Å². The number of aromatic nitrogens is 1. The maximum absolute atomic E-state index is 11.4. The van der Waals surface area contributed by atoms with Gasteiger partial charge in [0.1, 0.15) is 16.6 Å². The Labute approximate surface area is 104 Å². The fourth-order valence-electron chi connectivity index (χ4n) is 1.21. The zero-order valence-corrected chi connectivity index (χ0v) is 10.6. The molecular weight excluding hydrogens is 238 g/mol. The average Bonchev–Trinajstić information content (AvgIpc) is 2.58. The van der Waals surface area contributed by atoms with E-state index in [1.165, 1.54) is 0 Å². The number of hydrogen-bond acceptors (Lipinski definition) is 6. The minimum absolute atomic E-state index is 0.0245. The van der Waals surface area contributed by atoms with Crippen molar-refractivity contribution in [1.82, 2.24) is 9.69 Å². The Morgan fingerprint density at radius 3 is 2.94 bits per heavy atom. The lowest BCUT2D eigenvalue weighted by atomic mass is 10.3. The quantitative estimate of drug-likeness (QED) is 0.724. The molecule has 0 aliphatic heterocycles. The van der Waals surface area contributed by atoms with Gasteiger partial charge in [0.15, 0.2) is 5.82 Å². The van der Waals surface area contributed by atoms with Gasteiger partial charge in [0.2, 0.25) is 5.91 Å². The van der Waals surface area contributed by atoms with E-state index >= 15 is 0 Å². The smallest absolute Gasteiger partial charge is 0.221 e. The van der Waals surface area contributed by atoms with Crippen molar-refractivity contribution >= 4 is 28.3 Å². The molecule has 0 atom stereocenters. The molecular formula is C10H15N5OS. The van der Waals surface area contributed by atoms with Gasteiger partial charge in [0.25, 0.3) is 0 Å². The Bertz CT molecular complexity index is 434. The summed E-state index contributed by atoms with van der Waals surface area (Å²) in [6, 6.07) is 2.11. The fourth-order valence-corrected chi connectivity index (χ4v) is 1.90. The number of carbonyl (C=O) groups is 1. The number of anilines is 2. The van der Waals surface area contributed by atoms with E-state index in [1.54, 1.807) is 0 Å². The minimum atomic E-state index is -0.0245. The van der Waals surface area contributed by atoms with Crippen LogP contribution in [-0.4, -0.2) is 22.9 Å². The third-order valence-corrected chi connectivity index (χ3v) is 2.74. The molecule has 0 aromatic carbocycles. The van der Waals surface area contributed by atoms with Crippen LogP contribution in [0.2, 0.25) is 0 Å². The molecule has 1 aromatic heterocycles. The number of nitrogens with zero attached hydrogens (tertiary/aromatic N) is 2. The molecule has 0 unspecified atom stereocenters. The summed E-state index contributed by atoms with van der Waals surface area (Å²) in [6.07, 6.45) is 0.348. The first kappa shape index (κ1) is 13.3. The van der Waals surface area contributed by atoms with Gasteiger partial charge in [-0.2, -0.15) is 9.64 Å². The van der Waals surface area contributed by atoms with E-state index in [4.69, 9.17) is 11.0 Å². The summed E-state index contributed by atoms with van der Waals surface area (Å²) in [5.41, 5.74) is 5.85. The van der Waals surface area contributed by atoms with E-state index < -0.39 is 0 Å². The molecule has 0 aliphatic carbocycles. The van der Waals surface area contributed by atoms with Gasteiger partial charge in [-0.05, 0) is 25.4 Å². The summed E-state index contributed by atoms with van der Waals surface area (Å²) in [5, 5.41) is 15.2. The number of nitriles is 1. The molecule has 0 aliphatic rings. The normalized spacial score (nSPS) is 10.0. The zero-order valence-electron chi connectivity index (χ0n) is 9.78. The number of carbonyl (C=O) groups excluding carboxylic acids is 1. The van der Waals surface area contributed by atoms with Crippen molar-refractivity contribution in [3.63, 3.8) is 0 Å². The largest absolute Gasteiger partial charge is 0.382 e. The number of nitrogens with two attached hydrogens (primary N) is 1. The van der Waals surface area contributed by atoms with Gasteiger partial charge >= 0.3 is 0 Å². The van der Waals surface area contributed by atoms with Gasteiger partial charge in [-0.1, -0.05) is 0 Å². The summed E-state index contributed by atoms with van der Waals surface area (Å²) in [4.78, 5) is 11.4. The average molecular weight is 253 g/mol. The second kappa shape index (κ2) is 6.06. The second-order valence-corrected chi connectivity index (χ2v) is 4.56. The van der Waals surface area contributed by atoms with Gasteiger partial charge < -0.3 is 16.4 Å². The van der Waals surface area contributed by atoms with E-state index in [0.717, 1.165) is 11.5 Å². The minimum Gasteiger partial charge on any atom is -0.382 e. The first-order valence-electron chi connectivity index (χ1n) is 5.23. The predicted octanol–water partition coefficient (Wildman–Crippen LogP) is 0.924. The Morgan fingerprint density at radius 2 is 2.35 bits per heavy atom. The maximum atomic E-state index is 11.4. The monoisotopic (exact) mass is 253 g/mol. The standard InChI is InChI=1S/C10H15N5OS/c1-6(2)14-8(16)3-4-13-10-7(5-11)9(12)15-17-10/h6,13H,3-4H2,1-2H3,(H2,12,15)(H,14,16). The summed E-state index contributed by atoms with van der Waals surface area (Å²) in [7, 11) is 0. The van der Waals surface area contributed by atoms with Crippen molar-refractivity contribution < 1.29 is 4.79 Å². The molecule has 0 bridgehead atoms. The topological polar surface area (TPSA) is 104 Å². The summed E-state index contributed by atoms with van der Waals surface area (Å²) < 4.78 is 3.87. The van der Waals surface area contributed by atoms with Crippen LogP contribution in [0.5, 0.6) is 0 Å². The van der Waals surface area contributed by atoms with E-state index in [-0.39, 0.29) is 17.8 Å². The van der Waals surface area contributed by atoms with Crippen LogP contribution < -0.4 is 16.4 Å². The summed E-state index contributed by atoms with van der Waals surface area (Å²) in [6.45, 7) is 4.26. The molecule has 92 valence electrons. The SMILES string of the molecule is CC(C)NC(=O)CCNc1snc(N)c1C#N. The molecule has 17 heavy (non-hydrogen) atoms. The van der Waals surface area contributed by atoms with Crippen LogP contribution >= 0.6 is 11.5 Å². The molecule has 1 heterocycles. The Kier molecular flexibility index (Phi) is 4.72. The van der Waals surface area contributed by atoms with Crippen LogP contribution in [0.15, 0.2) is 0 Å². The molecule has 0 spiro atoms. The first-order valence-corrected chi connectivity index (χ1v) is 6.00. The van der Waals surface area contributed by atoms with Crippen LogP contribution in [0.4, 0.5) is 10.8 Å². The Morgan fingerprint density at radius 1 is 1.65 bits per heavy atom. The highest BCUT2D eigenvalue weighted by molar-refractivity contribution is 7.10. The molecule has 4 N–H and O–H groups in total. The van der Waals surface area contributed by atoms with Crippen LogP contribution in [0.3, 0.4) is 0 Å². The zero-order chi connectivity index (χ0) is 12.8. The second-order valence-electron chi connectivity index (χ2n) is 3.78. The molecule has 7 heteroatoms. The molecule has 1 amide bonds. The van der Waals surface area contributed by atoms with E-state index in [1.807, 2.05) is 19.9 Å². The van der Waals surface area contributed by atoms with Gasteiger partial charge in [0.05, 0.1) is 0 Å². The number of rotatable bonds is 5. The van der Waals surface area contributed by atoms with Crippen molar-refractivity contribution in [2.45, 2.75) is 26.3 Å². The van der Waals surface area contributed by atoms with Crippen molar-refractivity contribution in [3.05, 3.63) is 5.56 Å². The van der Waals surface area contributed by atoms with Crippen LogP contribution in [0, 0.1) is 11.3 Å². The van der Waals surface area contributed by atoms with Gasteiger partial charge in [-0.25, -0.2) is 0 Å². The lowest BCUT2D eigenvalue weighted by Crippen LogP contribution is -2.31. The fraction of sp³-hybridized carbons (Fsp3) is 0.500. The molecule has 0 saturated heterocycles. The van der Waals surface area contributed by atoms with Gasteiger partial charge in [-0.15, -0.1) is 0 Å². The Balaban J connectivity index is 2.41. The highest BCUT2D eigenvalue weighted by Gasteiger charge is 2.10. The van der Waals surface area contributed by atoms with Crippen molar-refractivity contribution in [3.8, 4) is 6.07 Å². The van der Waals surface area contributed by atoms with Gasteiger partial charge in [0, 0.05) is 19.0 Å². The van der Waals surface area contributed by atoms with E-state index in [9.17, 15) is 4.79 Å². The lowest BCUT2D eigenvalue weighted by molar-refractivity contribution is -0.121. The molecule has 0 saturated carbocycles. The number of nitrogen functional groups attached to an aromatic ring is 1.